The van der Waals surface area contributed by atoms with E-state index in [1.165, 1.54) is 11.1 Å². The van der Waals surface area contributed by atoms with Gasteiger partial charge in [0.25, 0.3) is 5.91 Å². The molecular formula is C17H22N2O2. The summed E-state index contributed by atoms with van der Waals surface area (Å²) >= 11 is 0. The monoisotopic (exact) mass is 286 g/mol. The number of amides is 1. The van der Waals surface area contributed by atoms with Crippen molar-refractivity contribution in [3.8, 4) is 18.1 Å². The Labute approximate surface area is 126 Å². The molecule has 112 valence electrons. The van der Waals surface area contributed by atoms with Gasteiger partial charge in [-0.25, -0.2) is 0 Å². The van der Waals surface area contributed by atoms with Crippen LogP contribution >= 0.6 is 0 Å². The summed E-state index contributed by atoms with van der Waals surface area (Å²) < 4.78 is 5.86. The summed E-state index contributed by atoms with van der Waals surface area (Å²) in [6, 6.07) is 6.41. The lowest BCUT2D eigenvalue weighted by Gasteiger charge is -2.27. The quantitative estimate of drug-likeness (QED) is 0.812. The van der Waals surface area contributed by atoms with Crippen LogP contribution in [0.5, 0.6) is 5.75 Å². The maximum absolute atomic E-state index is 11.9. The van der Waals surface area contributed by atoms with E-state index in [-0.39, 0.29) is 12.5 Å². The van der Waals surface area contributed by atoms with Crippen molar-refractivity contribution in [2.75, 3.05) is 13.6 Å². The number of carbonyl (C=O) groups excluding carboxylic acids is 1. The first-order valence-corrected chi connectivity index (χ1v) is 7.34. The van der Waals surface area contributed by atoms with Gasteiger partial charge in [-0.05, 0) is 50.4 Å². The highest BCUT2D eigenvalue weighted by Gasteiger charge is 2.23. The van der Waals surface area contributed by atoms with E-state index in [9.17, 15) is 4.79 Å². The fourth-order valence-corrected chi connectivity index (χ4v) is 2.75. The summed E-state index contributed by atoms with van der Waals surface area (Å²) in [5.74, 6) is 3.00. The first-order chi connectivity index (χ1) is 10.2. The molecule has 1 aromatic rings. The summed E-state index contributed by atoms with van der Waals surface area (Å²) in [7, 11) is 1.98. The molecule has 0 aromatic heterocycles. The smallest absolute Gasteiger partial charge is 0.261 e. The molecule has 1 aromatic carbocycles. The Kier molecular flexibility index (Phi) is 5.24. The third-order valence-electron chi connectivity index (χ3n) is 3.85. The van der Waals surface area contributed by atoms with Gasteiger partial charge in [-0.15, -0.1) is 6.42 Å². The Morgan fingerprint density at radius 2 is 2.38 bits per heavy atom. The maximum atomic E-state index is 11.9. The van der Waals surface area contributed by atoms with Gasteiger partial charge in [-0.2, -0.15) is 0 Å². The molecule has 1 amide bonds. The fourth-order valence-electron chi connectivity index (χ4n) is 2.75. The average Bonchev–Trinajstić information content (AvgIpc) is 2.52. The van der Waals surface area contributed by atoms with Crippen molar-refractivity contribution in [2.24, 2.45) is 0 Å². The Hall–Kier alpha value is -1.99. The van der Waals surface area contributed by atoms with Crippen LogP contribution in [-0.2, 0) is 11.2 Å². The number of carbonyl (C=O) groups is 1. The van der Waals surface area contributed by atoms with Gasteiger partial charge in [0.1, 0.15) is 5.75 Å². The van der Waals surface area contributed by atoms with Crippen LogP contribution in [0.4, 0.5) is 0 Å². The second-order valence-corrected chi connectivity index (χ2v) is 5.24. The number of fused-ring (bicyclic) bond motifs is 1. The van der Waals surface area contributed by atoms with Crippen molar-refractivity contribution in [2.45, 2.75) is 38.3 Å². The number of nitrogens with one attached hydrogen (secondary N) is 2. The van der Waals surface area contributed by atoms with E-state index in [1.54, 1.807) is 6.92 Å². The van der Waals surface area contributed by atoms with Crippen molar-refractivity contribution >= 4 is 5.91 Å². The summed E-state index contributed by atoms with van der Waals surface area (Å²) in [5, 5.41) is 5.97. The van der Waals surface area contributed by atoms with E-state index < -0.39 is 6.10 Å². The molecule has 0 saturated heterocycles. The van der Waals surface area contributed by atoms with Crippen LogP contribution < -0.4 is 15.4 Å². The molecule has 4 heteroatoms. The molecule has 0 saturated carbocycles. The maximum Gasteiger partial charge on any atom is 0.261 e. The van der Waals surface area contributed by atoms with Gasteiger partial charge in [0.05, 0.1) is 6.54 Å². The minimum Gasteiger partial charge on any atom is -0.481 e. The molecule has 0 heterocycles. The lowest BCUT2D eigenvalue weighted by Crippen LogP contribution is -2.36. The van der Waals surface area contributed by atoms with E-state index in [2.05, 4.69) is 22.6 Å². The van der Waals surface area contributed by atoms with Crippen LogP contribution in [-0.4, -0.2) is 25.6 Å². The van der Waals surface area contributed by atoms with Crippen LogP contribution in [0.25, 0.3) is 0 Å². The molecule has 0 radical (unpaired) electrons. The van der Waals surface area contributed by atoms with E-state index in [0.29, 0.717) is 6.04 Å². The number of terminal acetylenes is 1. The van der Waals surface area contributed by atoms with E-state index in [1.807, 2.05) is 19.2 Å². The first-order valence-electron chi connectivity index (χ1n) is 7.34. The second-order valence-electron chi connectivity index (χ2n) is 5.24. The minimum absolute atomic E-state index is 0.188. The molecule has 1 aliphatic rings. The average molecular weight is 286 g/mol. The molecule has 2 rings (SSSR count). The molecule has 1 aliphatic carbocycles. The third kappa shape index (κ3) is 3.56. The first kappa shape index (κ1) is 15.4. The van der Waals surface area contributed by atoms with Crippen molar-refractivity contribution in [3.05, 3.63) is 29.3 Å². The second kappa shape index (κ2) is 7.14. The Balaban J connectivity index is 2.14. The predicted molar refractivity (Wildman–Crippen MR) is 83.1 cm³/mol. The van der Waals surface area contributed by atoms with Crippen LogP contribution in [0.3, 0.4) is 0 Å². The van der Waals surface area contributed by atoms with Crippen molar-refractivity contribution < 1.29 is 9.53 Å². The van der Waals surface area contributed by atoms with Crippen LogP contribution in [0.1, 0.15) is 36.9 Å². The molecule has 21 heavy (non-hydrogen) atoms. The summed E-state index contributed by atoms with van der Waals surface area (Å²) in [4.78, 5) is 11.9. The topological polar surface area (TPSA) is 50.4 Å². The van der Waals surface area contributed by atoms with Crippen molar-refractivity contribution in [1.29, 1.82) is 0 Å². The van der Waals surface area contributed by atoms with Crippen molar-refractivity contribution in [1.82, 2.24) is 10.6 Å². The zero-order valence-corrected chi connectivity index (χ0v) is 12.6. The van der Waals surface area contributed by atoms with Gasteiger partial charge >= 0.3 is 0 Å². The van der Waals surface area contributed by atoms with Gasteiger partial charge in [0, 0.05) is 6.04 Å². The molecule has 2 unspecified atom stereocenters. The van der Waals surface area contributed by atoms with E-state index >= 15 is 0 Å². The Morgan fingerprint density at radius 1 is 1.57 bits per heavy atom. The van der Waals surface area contributed by atoms with Gasteiger partial charge in [0.15, 0.2) is 6.10 Å². The standard InChI is InChI=1S/C17H22N2O2/c1-4-11-19-17(20)12(2)21-16-10-6-7-13-14(16)8-5-9-15(13)18-3/h1,6-7,10,12,15,18H,5,8-9,11H2,2-3H3,(H,19,20). The van der Waals surface area contributed by atoms with Gasteiger partial charge in [-0.3, -0.25) is 4.79 Å². The molecule has 0 spiro atoms. The Bertz CT molecular complexity index is 548. The lowest BCUT2D eigenvalue weighted by molar-refractivity contribution is -0.127. The zero-order chi connectivity index (χ0) is 15.2. The van der Waals surface area contributed by atoms with Crippen LogP contribution in [0, 0.1) is 12.3 Å². The van der Waals surface area contributed by atoms with Crippen LogP contribution in [0.2, 0.25) is 0 Å². The molecule has 2 atom stereocenters. The molecular weight excluding hydrogens is 264 g/mol. The molecule has 2 N–H and O–H groups in total. The SMILES string of the molecule is C#CCNC(=O)C(C)Oc1cccc2c1CCCC2NC. The molecule has 4 nitrogen and oxygen atoms in total. The summed E-state index contributed by atoms with van der Waals surface area (Å²) in [6.45, 7) is 1.96. The molecule has 0 aliphatic heterocycles. The fraction of sp³-hybridized carbons (Fsp3) is 0.471. The third-order valence-corrected chi connectivity index (χ3v) is 3.85. The van der Waals surface area contributed by atoms with E-state index in [4.69, 9.17) is 11.2 Å². The summed E-state index contributed by atoms with van der Waals surface area (Å²) in [6.07, 6.45) is 7.82. The number of benzene rings is 1. The van der Waals surface area contributed by atoms with E-state index in [0.717, 1.165) is 25.0 Å². The number of hydrogen-bond donors (Lipinski definition) is 2. The molecule has 0 bridgehead atoms. The number of ether oxygens (including phenoxy) is 1. The Morgan fingerprint density at radius 3 is 3.10 bits per heavy atom. The summed E-state index contributed by atoms with van der Waals surface area (Å²) in [5.41, 5.74) is 2.48. The van der Waals surface area contributed by atoms with Crippen molar-refractivity contribution in [3.63, 3.8) is 0 Å². The lowest BCUT2D eigenvalue weighted by atomic mass is 9.87. The molecule has 0 fully saturated rings. The normalized spacial score (nSPS) is 18.2. The predicted octanol–water partition coefficient (Wildman–Crippen LogP) is 1.80. The highest BCUT2D eigenvalue weighted by molar-refractivity contribution is 5.81. The van der Waals surface area contributed by atoms with Gasteiger partial charge in [0.2, 0.25) is 0 Å². The van der Waals surface area contributed by atoms with Crippen LogP contribution in [0.15, 0.2) is 18.2 Å². The minimum atomic E-state index is -0.556. The van der Waals surface area contributed by atoms with Gasteiger partial charge in [-0.1, -0.05) is 18.1 Å². The zero-order valence-electron chi connectivity index (χ0n) is 12.6. The number of rotatable bonds is 5. The largest absolute Gasteiger partial charge is 0.481 e. The highest BCUT2D eigenvalue weighted by Crippen LogP contribution is 2.35. The highest BCUT2D eigenvalue weighted by atomic mass is 16.5. The van der Waals surface area contributed by atoms with Gasteiger partial charge < -0.3 is 15.4 Å². The number of hydrogen-bond acceptors (Lipinski definition) is 3.